The highest BCUT2D eigenvalue weighted by atomic mass is 15.1. The van der Waals surface area contributed by atoms with E-state index in [1.54, 1.807) is 0 Å². The Hall–Kier alpha value is -1.80. The van der Waals surface area contributed by atoms with Gasteiger partial charge in [0.05, 0.1) is 0 Å². The van der Waals surface area contributed by atoms with Crippen molar-refractivity contribution in [3.05, 3.63) is 66.2 Å². The normalized spacial score (nSPS) is 12.4. The lowest BCUT2D eigenvalue weighted by Crippen LogP contribution is -2.34. The van der Waals surface area contributed by atoms with Gasteiger partial charge in [0, 0.05) is 24.8 Å². The average Bonchev–Trinajstić information content (AvgIpc) is 2.47. The Kier molecular flexibility index (Phi) is 4.99. The van der Waals surface area contributed by atoms with E-state index in [9.17, 15) is 0 Å². The van der Waals surface area contributed by atoms with Gasteiger partial charge >= 0.3 is 0 Å². The maximum absolute atomic E-state index is 3.47. The molecule has 2 heteroatoms. The first-order valence-electron chi connectivity index (χ1n) is 6.79. The monoisotopic (exact) mass is 254 g/mol. The summed E-state index contributed by atoms with van der Waals surface area (Å²) >= 11 is 0. The van der Waals surface area contributed by atoms with E-state index < -0.39 is 0 Å². The summed E-state index contributed by atoms with van der Waals surface area (Å²) in [6.45, 7) is 4.19. The van der Waals surface area contributed by atoms with Crippen LogP contribution in [0.15, 0.2) is 60.7 Å². The van der Waals surface area contributed by atoms with E-state index in [0.29, 0.717) is 6.04 Å². The molecule has 0 spiro atoms. The molecule has 0 unspecified atom stereocenters. The van der Waals surface area contributed by atoms with Crippen molar-refractivity contribution >= 4 is 5.69 Å². The molecule has 0 saturated heterocycles. The summed E-state index contributed by atoms with van der Waals surface area (Å²) in [7, 11) is 2.17. The summed E-state index contributed by atoms with van der Waals surface area (Å²) in [4.78, 5) is 2.37. The molecule has 0 fully saturated rings. The minimum atomic E-state index is 0.486. The lowest BCUT2D eigenvalue weighted by molar-refractivity contribution is 0.259. The van der Waals surface area contributed by atoms with Gasteiger partial charge in [0.15, 0.2) is 0 Å². The predicted octanol–water partition coefficient (Wildman–Crippen LogP) is 3.62. The number of para-hydroxylation sites is 1. The van der Waals surface area contributed by atoms with Crippen molar-refractivity contribution in [3.63, 3.8) is 0 Å². The Morgan fingerprint density at radius 1 is 0.947 bits per heavy atom. The fraction of sp³-hybridized carbons (Fsp3) is 0.294. The lowest BCUT2D eigenvalue weighted by Gasteiger charge is -2.25. The smallest absolute Gasteiger partial charge is 0.0340 e. The molecule has 2 aromatic rings. The van der Waals surface area contributed by atoms with Crippen LogP contribution in [0.2, 0.25) is 0 Å². The minimum absolute atomic E-state index is 0.486. The van der Waals surface area contributed by atoms with Crippen molar-refractivity contribution in [1.82, 2.24) is 4.90 Å². The Bertz CT molecular complexity index is 467. The number of nitrogens with zero attached hydrogens (tertiary/aromatic N) is 1. The average molecular weight is 254 g/mol. The summed E-state index contributed by atoms with van der Waals surface area (Å²) in [5.41, 5.74) is 2.54. The molecule has 0 aromatic heterocycles. The Balaban J connectivity index is 1.81. The molecule has 0 bridgehead atoms. The van der Waals surface area contributed by atoms with Gasteiger partial charge in [-0.15, -0.1) is 0 Å². The Morgan fingerprint density at radius 2 is 1.53 bits per heavy atom. The molecule has 0 heterocycles. The predicted molar refractivity (Wildman–Crippen MR) is 82.3 cm³/mol. The van der Waals surface area contributed by atoms with Crippen LogP contribution in [0.1, 0.15) is 12.5 Å². The quantitative estimate of drug-likeness (QED) is 0.847. The van der Waals surface area contributed by atoms with Crippen LogP contribution < -0.4 is 5.32 Å². The number of benzene rings is 2. The maximum atomic E-state index is 3.47. The first kappa shape index (κ1) is 13.6. The third-order valence-corrected chi connectivity index (χ3v) is 3.40. The van der Waals surface area contributed by atoms with Crippen LogP contribution in [-0.2, 0) is 6.54 Å². The summed E-state index contributed by atoms with van der Waals surface area (Å²) in [6.07, 6.45) is 0. The van der Waals surface area contributed by atoms with Gasteiger partial charge in [-0.1, -0.05) is 48.5 Å². The van der Waals surface area contributed by atoms with Gasteiger partial charge in [0.1, 0.15) is 0 Å². The zero-order valence-corrected chi connectivity index (χ0v) is 11.7. The Morgan fingerprint density at radius 3 is 2.16 bits per heavy atom. The summed E-state index contributed by atoms with van der Waals surface area (Å²) in [5.74, 6) is 0. The molecule has 2 nitrogen and oxygen atoms in total. The van der Waals surface area contributed by atoms with Crippen LogP contribution in [-0.4, -0.2) is 24.5 Å². The molecular formula is C17H22N2. The van der Waals surface area contributed by atoms with E-state index in [1.165, 1.54) is 11.3 Å². The topological polar surface area (TPSA) is 15.3 Å². The highest BCUT2D eigenvalue weighted by Crippen LogP contribution is 2.08. The van der Waals surface area contributed by atoms with Gasteiger partial charge in [-0.2, -0.15) is 0 Å². The van der Waals surface area contributed by atoms with Gasteiger partial charge in [-0.25, -0.2) is 0 Å². The minimum Gasteiger partial charge on any atom is -0.383 e. The molecule has 2 rings (SSSR count). The Labute approximate surface area is 116 Å². The van der Waals surface area contributed by atoms with Crippen molar-refractivity contribution in [3.8, 4) is 0 Å². The number of hydrogen-bond acceptors (Lipinski definition) is 2. The van der Waals surface area contributed by atoms with Crippen molar-refractivity contribution < 1.29 is 0 Å². The molecule has 0 radical (unpaired) electrons. The molecular weight excluding hydrogens is 232 g/mol. The molecule has 0 amide bonds. The van der Waals surface area contributed by atoms with Crippen molar-refractivity contribution in [2.45, 2.75) is 19.5 Å². The second-order valence-electron chi connectivity index (χ2n) is 5.00. The largest absolute Gasteiger partial charge is 0.383 e. The fourth-order valence-corrected chi connectivity index (χ4v) is 2.00. The number of nitrogens with one attached hydrogen (secondary N) is 1. The maximum Gasteiger partial charge on any atom is 0.0340 e. The third kappa shape index (κ3) is 4.42. The second kappa shape index (κ2) is 6.95. The second-order valence-corrected chi connectivity index (χ2v) is 5.00. The molecule has 19 heavy (non-hydrogen) atoms. The number of likely N-dealkylation sites (N-methyl/N-ethyl adjacent to an activating group) is 1. The molecule has 0 saturated carbocycles. The van der Waals surface area contributed by atoms with Crippen LogP contribution in [0, 0.1) is 0 Å². The standard InChI is InChI=1S/C17H22N2/c1-15(13-18-17-11-7-4-8-12-17)19(2)14-16-9-5-3-6-10-16/h3-12,15,18H,13-14H2,1-2H3/t15-/m1/s1. The van der Waals surface area contributed by atoms with Crippen molar-refractivity contribution in [2.75, 3.05) is 18.9 Å². The zero-order valence-electron chi connectivity index (χ0n) is 11.7. The van der Waals surface area contributed by atoms with Gasteiger partial charge in [-0.3, -0.25) is 4.90 Å². The van der Waals surface area contributed by atoms with Crippen LogP contribution in [0.4, 0.5) is 5.69 Å². The number of rotatable bonds is 6. The lowest BCUT2D eigenvalue weighted by atomic mass is 10.2. The summed E-state index contributed by atoms with van der Waals surface area (Å²) < 4.78 is 0. The first-order chi connectivity index (χ1) is 9.25. The molecule has 2 aromatic carbocycles. The highest BCUT2D eigenvalue weighted by Gasteiger charge is 2.09. The first-order valence-corrected chi connectivity index (χ1v) is 6.79. The number of hydrogen-bond donors (Lipinski definition) is 1. The van der Waals surface area contributed by atoms with E-state index in [4.69, 9.17) is 0 Å². The van der Waals surface area contributed by atoms with E-state index in [0.717, 1.165) is 13.1 Å². The SMILES string of the molecule is C[C@H](CNc1ccccc1)N(C)Cc1ccccc1. The van der Waals surface area contributed by atoms with Gasteiger partial charge in [0.25, 0.3) is 0 Å². The van der Waals surface area contributed by atoms with Crippen LogP contribution in [0.3, 0.4) is 0 Å². The number of anilines is 1. The molecule has 1 N–H and O–H groups in total. The van der Waals surface area contributed by atoms with Crippen molar-refractivity contribution in [1.29, 1.82) is 0 Å². The van der Waals surface area contributed by atoms with Crippen molar-refractivity contribution in [2.24, 2.45) is 0 Å². The zero-order chi connectivity index (χ0) is 13.5. The van der Waals surface area contributed by atoms with Crippen LogP contribution in [0.25, 0.3) is 0 Å². The van der Waals surface area contributed by atoms with Crippen LogP contribution >= 0.6 is 0 Å². The van der Waals surface area contributed by atoms with E-state index in [2.05, 4.69) is 78.8 Å². The molecule has 0 aliphatic heterocycles. The third-order valence-electron chi connectivity index (χ3n) is 3.40. The van der Waals surface area contributed by atoms with E-state index >= 15 is 0 Å². The summed E-state index contributed by atoms with van der Waals surface area (Å²) in [6, 6.07) is 21.4. The van der Waals surface area contributed by atoms with E-state index in [-0.39, 0.29) is 0 Å². The fourth-order valence-electron chi connectivity index (χ4n) is 2.00. The van der Waals surface area contributed by atoms with Crippen LogP contribution in [0.5, 0.6) is 0 Å². The van der Waals surface area contributed by atoms with E-state index in [1.807, 2.05) is 6.07 Å². The summed E-state index contributed by atoms with van der Waals surface area (Å²) in [5, 5.41) is 3.47. The highest BCUT2D eigenvalue weighted by molar-refractivity contribution is 5.42. The van der Waals surface area contributed by atoms with Gasteiger partial charge in [-0.05, 0) is 31.7 Å². The van der Waals surface area contributed by atoms with Gasteiger partial charge in [0.2, 0.25) is 0 Å². The molecule has 100 valence electrons. The molecule has 0 aliphatic rings. The molecule has 1 atom stereocenters. The molecule has 0 aliphatic carbocycles. The van der Waals surface area contributed by atoms with Gasteiger partial charge < -0.3 is 5.32 Å².